The summed E-state index contributed by atoms with van der Waals surface area (Å²) in [5.74, 6) is 1.34. The van der Waals surface area contributed by atoms with Crippen molar-refractivity contribution in [3.8, 4) is 0 Å². The minimum atomic E-state index is 0.533. The Hall–Kier alpha value is -1.77. The number of anilines is 1. The summed E-state index contributed by atoms with van der Waals surface area (Å²) in [7, 11) is 0. The van der Waals surface area contributed by atoms with E-state index < -0.39 is 0 Å². The molecule has 0 aliphatic heterocycles. The number of nitrogen functional groups attached to an aromatic ring is 1. The van der Waals surface area contributed by atoms with Crippen molar-refractivity contribution in [3.05, 3.63) is 47.3 Å². The first kappa shape index (κ1) is 18.0. The lowest BCUT2D eigenvalue weighted by Crippen LogP contribution is -2.17. The molecule has 1 aliphatic rings. The molecule has 3 nitrogen and oxygen atoms in total. The number of nitrogens with two attached hydrogens (primary N) is 1. The highest BCUT2D eigenvalue weighted by Gasteiger charge is 2.23. The number of aromatic nitrogens is 2. The quantitative estimate of drug-likeness (QED) is 0.777. The topological polar surface area (TPSA) is 43.8 Å². The normalized spacial score (nSPS) is 16.8. The van der Waals surface area contributed by atoms with Gasteiger partial charge in [0.25, 0.3) is 0 Å². The van der Waals surface area contributed by atoms with Crippen molar-refractivity contribution in [2.24, 2.45) is 5.92 Å². The minimum absolute atomic E-state index is 0.533. The third-order valence-electron chi connectivity index (χ3n) is 5.38. The molecule has 1 aromatic carbocycles. The van der Waals surface area contributed by atoms with Crippen molar-refractivity contribution in [2.45, 2.75) is 77.7 Å². The zero-order valence-electron chi connectivity index (χ0n) is 15.9. The summed E-state index contributed by atoms with van der Waals surface area (Å²) in [5.41, 5.74) is 10.3. The van der Waals surface area contributed by atoms with Crippen LogP contribution >= 0.6 is 0 Å². The van der Waals surface area contributed by atoms with E-state index in [2.05, 4.69) is 48.7 Å². The van der Waals surface area contributed by atoms with Crippen LogP contribution in [0, 0.1) is 5.92 Å². The number of hydrogen-bond donors (Lipinski definition) is 1. The van der Waals surface area contributed by atoms with E-state index in [9.17, 15) is 0 Å². The molecule has 25 heavy (non-hydrogen) atoms. The Morgan fingerprint density at radius 2 is 1.68 bits per heavy atom. The predicted molar refractivity (Wildman–Crippen MR) is 106 cm³/mol. The van der Waals surface area contributed by atoms with E-state index in [-0.39, 0.29) is 0 Å². The van der Waals surface area contributed by atoms with Gasteiger partial charge < -0.3 is 10.3 Å². The monoisotopic (exact) mass is 339 g/mol. The van der Waals surface area contributed by atoms with Crippen LogP contribution in [0.25, 0.3) is 0 Å². The van der Waals surface area contributed by atoms with Crippen LogP contribution in [0.5, 0.6) is 0 Å². The lowest BCUT2D eigenvalue weighted by atomic mass is 9.95. The third-order valence-corrected chi connectivity index (χ3v) is 5.38. The smallest absolute Gasteiger partial charge is 0.200 e. The molecule has 1 fully saturated rings. The molecule has 2 aromatic rings. The molecule has 0 unspecified atom stereocenters. The van der Waals surface area contributed by atoms with E-state index in [1.54, 1.807) is 0 Å². The molecular formula is C22H33N3. The third kappa shape index (κ3) is 4.65. The van der Waals surface area contributed by atoms with Gasteiger partial charge in [-0.3, -0.25) is 0 Å². The maximum absolute atomic E-state index is 6.44. The summed E-state index contributed by atoms with van der Waals surface area (Å²) in [6.45, 7) is 4.58. The Bertz CT molecular complexity index is 649. The van der Waals surface area contributed by atoms with Crippen molar-refractivity contribution in [1.82, 2.24) is 9.55 Å². The van der Waals surface area contributed by atoms with Crippen LogP contribution in [-0.2, 0) is 12.8 Å². The Morgan fingerprint density at radius 1 is 1.04 bits per heavy atom. The number of nitrogens with zero attached hydrogens (tertiary/aromatic N) is 2. The fraction of sp³-hybridized carbons (Fsp3) is 0.591. The molecule has 0 atom stereocenters. The van der Waals surface area contributed by atoms with Crippen molar-refractivity contribution >= 4 is 5.95 Å². The average molecular weight is 340 g/mol. The lowest BCUT2D eigenvalue weighted by molar-refractivity contribution is 0.365. The molecule has 3 heteroatoms. The zero-order chi connectivity index (χ0) is 17.6. The van der Waals surface area contributed by atoms with E-state index in [0.29, 0.717) is 12.0 Å². The van der Waals surface area contributed by atoms with Gasteiger partial charge in [0.1, 0.15) is 0 Å². The summed E-state index contributed by atoms with van der Waals surface area (Å²) in [6, 6.07) is 11.2. The molecule has 136 valence electrons. The van der Waals surface area contributed by atoms with Gasteiger partial charge in [0, 0.05) is 18.2 Å². The van der Waals surface area contributed by atoms with Crippen LogP contribution in [-0.4, -0.2) is 9.55 Å². The van der Waals surface area contributed by atoms with Crippen molar-refractivity contribution in [2.75, 3.05) is 5.73 Å². The van der Waals surface area contributed by atoms with Crippen LogP contribution in [0.15, 0.2) is 30.3 Å². The van der Waals surface area contributed by atoms with E-state index in [4.69, 9.17) is 10.7 Å². The SMILES string of the molecule is CC(C)Cc1c(Cc2ccccc2)nc(N)n1C1CCCCCCC1. The molecule has 0 radical (unpaired) electrons. The Kier molecular flexibility index (Phi) is 6.17. The molecule has 1 saturated carbocycles. The van der Waals surface area contributed by atoms with Gasteiger partial charge in [-0.15, -0.1) is 0 Å². The summed E-state index contributed by atoms with van der Waals surface area (Å²) in [6.07, 6.45) is 11.2. The molecule has 1 aliphatic carbocycles. The molecule has 1 aromatic heterocycles. The maximum Gasteiger partial charge on any atom is 0.200 e. The van der Waals surface area contributed by atoms with Crippen LogP contribution in [0.2, 0.25) is 0 Å². The Balaban J connectivity index is 1.92. The summed E-state index contributed by atoms with van der Waals surface area (Å²) in [5, 5.41) is 0. The zero-order valence-corrected chi connectivity index (χ0v) is 15.9. The highest BCUT2D eigenvalue weighted by molar-refractivity contribution is 5.34. The number of imidazole rings is 1. The van der Waals surface area contributed by atoms with Crippen LogP contribution in [0.1, 0.15) is 81.8 Å². The first-order valence-corrected chi connectivity index (χ1v) is 10.0. The Morgan fingerprint density at radius 3 is 2.32 bits per heavy atom. The molecular weight excluding hydrogens is 306 g/mol. The van der Waals surface area contributed by atoms with Gasteiger partial charge >= 0.3 is 0 Å². The van der Waals surface area contributed by atoms with Crippen molar-refractivity contribution < 1.29 is 0 Å². The molecule has 1 heterocycles. The highest BCUT2D eigenvalue weighted by Crippen LogP contribution is 2.32. The van der Waals surface area contributed by atoms with Crippen molar-refractivity contribution in [1.29, 1.82) is 0 Å². The fourth-order valence-electron chi connectivity index (χ4n) is 4.17. The van der Waals surface area contributed by atoms with Gasteiger partial charge in [0.05, 0.1) is 5.69 Å². The predicted octanol–water partition coefficient (Wildman–Crippen LogP) is 5.54. The van der Waals surface area contributed by atoms with Gasteiger partial charge in [-0.25, -0.2) is 4.98 Å². The van der Waals surface area contributed by atoms with E-state index >= 15 is 0 Å². The molecule has 2 N–H and O–H groups in total. The fourth-order valence-corrected chi connectivity index (χ4v) is 4.17. The second-order valence-electron chi connectivity index (χ2n) is 7.99. The van der Waals surface area contributed by atoms with Crippen molar-refractivity contribution in [3.63, 3.8) is 0 Å². The average Bonchev–Trinajstić information content (AvgIpc) is 2.83. The maximum atomic E-state index is 6.44. The second kappa shape index (κ2) is 8.55. The lowest BCUT2D eigenvalue weighted by Gasteiger charge is -2.25. The summed E-state index contributed by atoms with van der Waals surface area (Å²) < 4.78 is 2.41. The molecule has 0 amide bonds. The minimum Gasteiger partial charge on any atom is -0.369 e. The molecule has 3 rings (SSSR count). The first-order chi connectivity index (χ1) is 12.1. The summed E-state index contributed by atoms with van der Waals surface area (Å²) in [4.78, 5) is 4.83. The van der Waals surface area contributed by atoms with E-state index in [1.807, 2.05) is 0 Å². The molecule has 0 saturated heterocycles. The van der Waals surface area contributed by atoms with Crippen LogP contribution in [0.3, 0.4) is 0 Å². The van der Waals surface area contributed by atoms with E-state index in [1.165, 1.54) is 61.9 Å². The van der Waals surface area contributed by atoms with Gasteiger partial charge in [-0.1, -0.05) is 76.3 Å². The van der Waals surface area contributed by atoms with Crippen LogP contribution in [0.4, 0.5) is 5.95 Å². The van der Waals surface area contributed by atoms with Gasteiger partial charge in [0.15, 0.2) is 0 Å². The number of rotatable bonds is 5. The van der Waals surface area contributed by atoms with Crippen LogP contribution < -0.4 is 5.73 Å². The standard InChI is InChI=1S/C22H33N3/c1-17(2)15-21-20(16-18-11-7-6-8-12-18)24-22(23)25(21)19-13-9-4-3-5-10-14-19/h6-8,11-12,17,19H,3-5,9-10,13-16H2,1-2H3,(H2,23,24). The van der Waals surface area contributed by atoms with E-state index in [0.717, 1.165) is 18.8 Å². The van der Waals surface area contributed by atoms with Gasteiger partial charge in [0.2, 0.25) is 5.95 Å². The second-order valence-corrected chi connectivity index (χ2v) is 7.99. The Labute approximate surface area is 152 Å². The summed E-state index contributed by atoms with van der Waals surface area (Å²) >= 11 is 0. The van der Waals surface area contributed by atoms with Gasteiger partial charge in [-0.2, -0.15) is 0 Å². The highest BCUT2D eigenvalue weighted by atomic mass is 15.2. The number of benzene rings is 1. The van der Waals surface area contributed by atoms with Gasteiger partial charge in [-0.05, 0) is 30.7 Å². The molecule has 0 spiro atoms. The molecule has 0 bridgehead atoms. The first-order valence-electron chi connectivity index (χ1n) is 10.0. The largest absolute Gasteiger partial charge is 0.369 e. The number of hydrogen-bond acceptors (Lipinski definition) is 2.